The first-order valence-electron chi connectivity index (χ1n) is 13.9. The van der Waals surface area contributed by atoms with E-state index < -0.39 is 0 Å². The minimum absolute atomic E-state index is 1.31. The molecular formula is C30H54. The van der Waals surface area contributed by atoms with E-state index in [1.807, 2.05) is 0 Å². The van der Waals surface area contributed by atoms with Gasteiger partial charge in [-0.15, -0.1) is 0 Å². The lowest BCUT2D eigenvalue weighted by Crippen LogP contribution is -2.02. The van der Waals surface area contributed by atoms with Gasteiger partial charge < -0.3 is 0 Å². The zero-order valence-electron chi connectivity index (χ0n) is 21.1. The highest BCUT2D eigenvalue weighted by Crippen LogP contribution is 2.23. The van der Waals surface area contributed by atoms with Crippen molar-refractivity contribution in [2.75, 3.05) is 0 Å². The lowest BCUT2D eigenvalue weighted by atomic mass is 9.90. The molecule has 0 nitrogen and oxygen atoms in total. The molecule has 0 N–H and O–H groups in total. The monoisotopic (exact) mass is 414 g/mol. The number of benzene rings is 1. The average molecular weight is 415 g/mol. The first kappa shape index (κ1) is 27.3. The fourth-order valence-corrected chi connectivity index (χ4v) is 4.75. The summed E-state index contributed by atoms with van der Waals surface area (Å²) in [5, 5.41) is 0. The van der Waals surface area contributed by atoms with Crippen LogP contribution in [0, 0.1) is 0 Å². The van der Waals surface area contributed by atoms with Crippen molar-refractivity contribution in [1.29, 1.82) is 0 Å². The van der Waals surface area contributed by atoms with Crippen LogP contribution in [0.4, 0.5) is 0 Å². The van der Waals surface area contributed by atoms with Gasteiger partial charge in [-0.2, -0.15) is 0 Å². The second-order valence-corrected chi connectivity index (χ2v) is 9.61. The molecule has 30 heavy (non-hydrogen) atoms. The molecule has 1 aromatic rings. The van der Waals surface area contributed by atoms with Crippen LogP contribution < -0.4 is 0 Å². The second-order valence-electron chi connectivity index (χ2n) is 9.61. The maximum absolute atomic E-state index is 2.45. The van der Waals surface area contributed by atoms with Crippen LogP contribution in [-0.2, 0) is 19.3 Å². The van der Waals surface area contributed by atoms with Crippen molar-refractivity contribution in [1.82, 2.24) is 0 Å². The molecule has 0 atom stereocenters. The SMILES string of the molecule is CCCCCCCCc1cccc(CCCCCCCC)c1CCCCCCCC. The van der Waals surface area contributed by atoms with Crippen LogP contribution in [0.3, 0.4) is 0 Å². The second kappa shape index (κ2) is 20.1. The van der Waals surface area contributed by atoms with Crippen LogP contribution in [-0.4, -0.2) is 0 Å². The smallest absolute Gasteiger partial charge is 0.0273 e. The lowest BCUT2D eigenvalue weighted by Gasteiger charge is -2.16. The maximum Gasteiger partial charge on any atom is -0.0273 e. The number of aryl methyl sites for hydroxylation is 2. The Morgan fingerprint density at radius 2 is 0.733 bits per heavy atom. The summed E-state index contributed by atoms with van der Waals surface area (Å²) in [4.78, 5) is 0. The summed E-state index contributed by atoms with van der Waals surface area (Å²) in [6.45, 7) is 6.93. The van der Waals surface area contributed by atoms with E-state index in [1.165, 1.54) is 135 Å². The number of hydrogen-bond donors (Lipinski definition) is 0. The van der Waals surface area contributed by atoms with Crippen molar-refractivity contribution in [2.45, 2.75) is 156 Å². The van der Waals surface area contributed by atoms with Crippen LogP contribution in [0.15, 0.2) is 18.2 Å². The van der Waals surface area contributed by atoms with Crippen LogP contribution in [0.2, 0.25) is 0 Å². The standard InChI is InChI=1S/C30H54/c1-4-7-10-13-16-19-23-28-25-22-26-29(24-20-17-14-11-8-5-2)30(28)27-21-18-15-12-9-6-3/h22,25-26H,4-21,23-24,27H2,1-3H3. The highest BCUT2D eigenvalue weighted by molar-refractivity contribution is 5.36. The molecule has 1 rings (SSSR count). The van der Waals surface area contributed by atoms with E-state index in [9.17, 15) is 0 Å². The molecular weight excluding hydrogens is 360 g/mol. The van der Waals surface area contributed by atoms with Gasteiger partial charge in [0.2, 0.25) is 0 Å². The summed E-state index contributed by atoms with van der Waals surface area (Å²) in [6.07, 6.45) is 29.2. The highest BCUT2D eigenvalue weighted by atomic mass is 14.1. The summed E-state index contributed by atoms with van der Waals surface area (Å²) >= 11 is 0. The summed E-state index contributed by atoms with van der Waals surface area (Å²) in [5.41, 5.74) is 5.11. The van der Waals surface area contributed by atoms with Crippen molar-refractivity contribution in [2.24, 2.45) is 0 Å². The predicted octanol–water partition coefficient (Wildman–Crippen LogP) is 10.4. The van der Waals surface area contributed by atoms with Gasteiger partial charge in [-0.05, 0) is 55.2 Å². The molecule has 0 saturated carbocycles. The minimum Gasteiger partial charge on any atom is -0.0654 e. The quantitative estimate of drug-likeness (QED) is 0.175. The van der Waals surface area contributed by atoms with Gasteiger partial charge in [0, 0.05) is 0 Å². The molecule has 0 saturated heterocycles. The Balaban J connectivity index is 2.55. The number of unbranched alkanes of at least 4 members (excludes halogenated alkanes) is 15. The molecule has 0 radical (unpaired) electrons. The molecule has 0 bridgehead atoms. The van der Waals surface area contributed by atoms with E-state index in [4.69, 9.17) is 0 Å². The van der Waals surface area contributed by atoms with Crippen molar-refractivity contribution in [3.8, 4) is 0 Å². The summed E-state index contributed by atoms with van der Waals surface area (Å²) in [6, 6.07) is 7.25. The third-order valence-electron chi connectivity index (χ3n) is 6.75. The molecule has 0 aromatic heterocycles. The molecule has 174 valence electrons. The number of hydrogen-bond acceptors (Lipinski definition) is 0. The first-order chi connectivity index (χ1) is 14.8. The Morgan fingerprint density at radius 1 is 0.400 bits per heavy atom. The van der Waals surface area contributed by atoms with E-state index in [0.29, 0.717) is 0 Å². The predicted molar refractivity (Wildman–Crippen MR) is 138 cm³/mol. The van der Waals surface area contributed by atoms with Gasteiger partial charge in [0.15, 0.2) is 0 Å². The third-order valence-corrected chi connectivity index (χ3v) is 6.75. The summed E-state index contributed by atoms with van der Waals surface area (Å²) in [5.74, 6) is 0. The van der Waals surface area contributed by atoms with Crippen molar-refractivity contribution in [3.63, 3.8) is 0 Å². The van der Waals surface area contributed by atoms with Crippen molar-refractivity contribution >= 4 is 0 Å². The lowest BCUT2D eigenvalue weighted by molar-refractivity contribution is 0.593. The Hall–Kier alpha value is -0.780. The Bertz CT molecular complexity index is 453. The minimum atomic E-state index is 1.31. The van der Waals surface area contributed by atoms with Gasteiger partial charge in [0.05, 0.1) is 0 Å². The van der Waals surface area contributed by atoms with E-state index in [0.717, 1.165) is 0 Å². The molecule has 0 heteroatoms. The van der Waals surface area contributed by atoms with E-state index >= 15 is 0 Å². The third kappa shape index (κ3) is 13.5. The van der Waals surface area contributed by atoms with E-state index in [-0.39, 0.29) is 0 Å². The number of rotatable bonds is 21. The van der Waals surface area contributed by atoms with Gasteiger partial charge in [-0.25, -0.2) is 0 Å². The van der Waals surface area contributed by atoms with Crippen molar-refractivity contribution < 1.29 is 0 Å². The van der Waals surface area contributed by atoms with E-state index in [1.54, 1.807) is 16.7 Å². The molecule has 0 heterocycles. The topological polar surface area (TPSA) is 0 Å². The van der Waals surface area contributed by atoms with Crippen molar-refractivity contribution in [3.05, 3.63) is 34.9 Å². The van der Waals surface area contributed by atoms with Gasteiger partial charge in [0.25, 0.3) is 0 Å². The first-order valence-corrected chi connectivity index (χ1v) is 13.9. The summed E-state index contributed by atoms with van der Waals surface area (Å²) in [7, 11) is 0. The Labute approximate surface area is 190 Å². The molecule has 0 spiro atoms. The zero-order chi connectivity index (χ0) is 21.7. The molecule has 0 amide bonds. The van der Waals surface area contributed by atoms with Gasteiger partial charge in [-0.3, -0.25) is 0 Å². The Morgan fingerprint density at radius 3 is 1.13 bits per heavy atom. The normalized spacial score (nSPS) is 11.3. The molecule has 0 aliphatic carbocycles. The van der Waals surface area contributed by atoms with Crippen LogP contribution in [0.1, 0.15) is 153 Å². The largest absolute Gasteiger partial charge is 0.0654 e. The van der Waals surface area contributed by atoms with Crippen LogP contribution in [0.25, 0.3) is 0 Å². The van der Waals surface area contributed by atoms with Gasteiger partial charge in [-0.1, -0.05) is 135 Å². The molecule has 0 aliphatic heterocycles. The van der Waals surface area contributed by atoms with Gasteiger partial charge >= 0.3 is 0 Å². The molecule has 1 aromatic carbocycles. The average Bonchev–Trinajstić information content (AvgIpc) is 2.76. The van der Waals surface area contributed by atoms with Crippen LogP contribution >= 0.6 is 0 Å². The fraction of sp³-hybridized carbons (Fsp3) is 0.800. The molecule has 0 aliphatic rings. The molecule has 0 unspecified atom stereocenters. The summed E-state index contributed by atoms with van der Waals surface area (Å²) < 4.78 is 0. The molecule has 0 fully saturated rings. The zero-order valence-corrected chi connectivity index (χ0v) is 21.1. The highest BCUT2D eigenvalue weighted by Gasteiger charge is 2.09. The van der Waals surface area contributed by atoms with Crippen LogP contribution in [0.5, 0.6) is 0 Å². The van der Waals surface area contributed by atoms with Gasteiger partial charge in [0.1, 0.15) is 0 Å². The maximum atomic E-state index is 2.45. The fourth-order valence-electron chi connectivity index (χ4n) is 4.75. The Kier molecular flexibility index (Phi) is 18.3. The van der Waals surface area contributed by atoms with E-state index in [2.05, 4.69) is 39.0 Å².